The van der Waals surface area contributed by atoms with E-state index in [9.17, 15) is 4.79 Å². The summed E-state index contributed by atoms with van der Waals surface area (Å²) < 4.78 is 0. The molecule has 2 fully saturated rings. The van der Waals surface area contributed by atoms with E-state index in [1.165, 1.54) is 25.7 Å². The van der Waals surface area contributed by atoms with Crippen molar-refractivity contribution < 1.29 is 4.79 Å². The molecular weight excluding hydrogens is 248 g/mol. The molecule has 102 valence electrons. The number of carbonyl (C=O) groups excluding carboxylic acids is 1. The number of ketones is 1. The van der Waals surface area contributed by atoms with E-state index in [0.29, 0.717) is 12.3 Å². The molecule has 1 aromatic carbocycles. The maximum absolute atomic E-state index is 12.5. The summed E-state index contributed by atoms with van der Waals surface area (Å²) in [5, 5.41) is 0. The van der Waals surface area contributed by atoms with Crippen LogP contribution in [0.1, 0.15) is 42.5 Å². The summed E-state index contributed by atoms with van der Waals surface area (Å²) in [6.45, 7) is 0. The minimum Gasteiger partial charge on any atom is -0.294 e. The molecule has 0 aliphatic heterocycles. The van der Waals surface area contributed by atoms with Gasteiger partial charge in [-0.15, -0.1) is 0 Å². The van der Waals surface area contributed by atoms with Gasteiger partial charge in [0.15, 0.2) is 5.78 Å². The maximum atomic E-state index is 12.5. The first kappa shape index (κ1) is 12.0. The van der Waals surface area contributed by atoms with Crippen molar-refractivity contribution in [3.63, 3.8) is 0 Å². The van der Waals surface area contributed by atoms with Crippen molar-refractivity contribution >= 4 is 16.8 Å². The van der Waals surface area contributed by atoms with Crippen LogP contribution in [0.4, 0.5) is 0 Å². The van der Waals surface area contributed by atoms with E-state index >= 15 is 0 Å². The van der Waals surface area contributed by atoms with Gasteiger partial charge in [0.2, 0.25) is 0 Å². The molecule has 3 unspecified atom stereocenters. The highest BCUT2D eigenvalue weighted by atomic mass is 16.1. The van der Waals surface area contributed by atoms with Gasteiger partial charge in [0, 0.05) is 24.4 Å². The minimum atomic E-state index is 0.273. The Kier molecular flexibility index (Phi) is 2.79. The van der Waals surface area contributed by atoms with Crippen molar-refractivity contribution in [3.05, 3.63) is 36.2 Å². The van der Waals surface area contributed by atoms with Gasteiger partial charge in [0.25, 0.3) is 0 Å². The summed E-state index contributed by atoms with van der Waals surface area (Å²) in [4.78, 5) is 21.0. The maximum Gasteiger partial charge on any atom is 0.163 e. The molecule has 0 amide bonds. The summed E-state index contributed by atoms with van der Waals surface area (Å²) in [6, 6.07) is 5.68. The average molecular weight is 266 g/mol. The van der Waals surface area contributed by atoms with E-state index in [4.69, 9.17) is 0 Å². The first-order valence-electron chi connectivity index (χ1n) is 7.53. The standard InChI is InChI=1S/C17H18N2O/c20-17(10-14-8-11-1-2-12(14)7-11)13-3-4-15-16(9-13)19-6-5-18-15/h3-6,9,11-12,14H,1-2,7-8,10H2. The topological polar surface area (TPSA) is 42.9 Å². The number of carbonyl (C=O) groups is 1. The molecule has 0 N–H and O–H groups in total. The number of nitrogens with zero attached hydrogens (tertiary/aromatic N) is 2. The molecule has 2 aliphatic carbocycles. The number of Topliss-reactive ketones (excluding diaryl/α,β-unsaturated/α-hetero) is 1. The molecule has 3 atom stereocenters. The Balaban J connectivity index is 1.54. The van der Waals surface area contributed by atoms with Gasteiger partial charge in [0.1, 0.15) is 0 Å². The normalized spacial score (nSPS) is 28.1. The van der Waals surface area contributed by atoms with E-state index in [2.05, 4.69) is 9.97 Å². The van der Waals surface area contributed by atoms with Crippen LogP contribution in [0.15, 0.2) is 30.6 Å². The predicted octanol–water partition coefficient (Wildman–Crippen LogP) is 3.64. The smallest absolute Gasteiger partial charge is 0.163 e. The molecule has 1 heterocycles. The van der Waals surface area contributed by atoms with Gasteiger partial charge in [-0.05, 0) is 55.2 Å². The quantitative estimate of drug-likeness (QED) is 0.797. The Morgan fingerprint density at radius 3 is 2.70 bits per heavy atom. The first-order chi connectivity index (χ1) is 9.79. The zero-order chi connectivity index (χ0) is 13.5. The fourth-order valence-electron chi connectivity index (χ4n) is 4.12. The van der Waals surface area contributed by atoms with E-state index in [1.807, 2.05) is 18.2 Å². The lowest BCUT2D eigenvalue weighted by molar-refractivity contribution is 0.0944. The summed E-state index contributed by atoms with van der Waals surface area (Å²) in [5.74, 6) is 2.61. The van der Waals surface area contributed by atoms with Crippen molar-refractivity contribution in [2.75, 3.05) is 0 Å². The van der Waals surface area contributed by atoms with Crippen LogP contribution in [0.2, 0.25) is 0 Å². The molecule has 20 heavy (non-hydrogen) atoms. The number of hydrogen-bond donors (Lipinski definition) is 0. The molecule has 4 rings (SSSR count). The van der Waals surface area contributed by atoms with Gasteiger partial charge in [-0.2, -0.15) is 0 Å². The Hall–Kier alpha value is -1.77. The Morgan fingerprint density at radius 2 is 1.95 bits per heavy atom. The second-order valence-corrected chi connectivity index (χ2v) is 6.32. The van der Waals surface area contributed by atoms with Crippen LogP contribution < -0.4 is 0 Å². The molecule has 3 nitrogen and oxygen atoms in total. The molecule has 0 spiro atoms. The van der Waals surface area contributed by atoms with Crippen LogP contribution in [0.3, 0.4) is 0 Å². The fraction of sp³-hybridized carbons (Fsp3) is 0.471. The lowest BCUT2D eigenvalue weighted by atomic mass is 9.84. The van der Waals surface area contributed by atoms with E-state index in [0.717, 1.165) is 28.4 Å². The number of hydrogen-bond acceptors (Lipinski definition) is 3. The molecule has 2 bridgehead atoms. The van der Waals surface area contributed by atoms with Gasteiger partial charge in [0.05, 0.1) is 11.0 Å². The third-order valence-electron chi connectivity index (χ3n) is 5.12. The van der Waals surface area contributed by atoms with Crippen LogP contribution >= 0.6 is 0 Å². The number of benzene rings is 1. The average Bonchev–Trinajstić information content (AvgIpc) is 3.09. The molecule has 2 saturated carbocycles. The second-order valence-electron chi connectivity index (χ2n) is 6.32. The molecular formula is C17H18N2O. The van der Waals surface area contributed by atoms with Crippen molar-refractivity contribution in [1.82, 2.24) is 9.97 Å². The highest BCUT2D eigenvalue weighted by molar-refractivity contribution is 5.98. The Labute approximate surface area is 118 Å². The molecule has 3 heteroatoms. The third-order valence-corrected chi connectivity index (χ3v) is 5.12. The summed E-state index contributed by atoms with van der Waals surface area (Å²) in [6.07, 6.45) is 9.43. The van der Waals surface area contributed by atoms with Crippen LogP contribution in [-0.2, 0) is 0 Å². The van der Waals surface area contributed by atoms with Crippen molar-refractivity contribution in [2.45, 2.75) is 32.1 Å². The first-order valence-corrected chi connectivity index (χ1v) is 7.53. The zero-order valence-electron chi connectivity index (χ0n) is 11.5. The van der Waals surface area contributed by atoms with Gasteiger partial charge < -0.3 is 0 Å². The molecule has 1 aromatic heterocycles. The highest BCUT2D eigenvalue weighted by Gasteiger charge is 2.40. The van der Waals surface area contributed by atoms with Crippen molar-refractivity contribution in [3.8, 4) is 0 Å². The number of aromatic nitrogens is 2. The molecule has 0 saturated heterocycles. The SMILES string of the molecule is O=C(CC1CC2CCC1C2)c1ccc2nccnc2c1. The number of fused-ring (bicyclic) bond motifs is 3. The predicted molar refractivity (Wildman–Crippen MR) is 77.4 cm³/mol. The fourth-order valence-corrected chi connectivity index (χ4v) is 4.12. The second kappa shape index (κ2) is 4.65. The summed E-state index contributed by atoms with van der Waals surface area (Å²) in [5.41, 5.74) is 2.45. The zero-order valence-corrected chi connectivity index (χ0v) is 11.5. The summed E-state index contributed by atoms with van der Waals surface area (Å²) in [7, 11) is 0. The monoisotopic (exact) mass is 266 g/mol. The van der Waals surface area contributed by atoms with E-state index in [-0.39, 0.29) is 5.78 Å². The summed E-state index contributed by atoms with van der Waals surface area (Å²) >= 11 is 0. The van der Waals surface area contributed by atoms with E-state index in [1.54, 1.807) is 12.4 Å². The molecule has 0 radical (unpaired) electrons. The lowest BCUT2D eigenvalue weighted by Gasteiger charge is -2.20. The van der Waals surface area contributed by atoms with Gasteiger partial charge in [-0.25, -0.2) is 0 Å². The number of rotatable bonds is 3. The molecule has 2 aromatic rings. The van der Waals surface area contributed by atoms with Gasteiger partial charge >= 0.3 is 0 Å². The van der Waals surface area contributed by atoms with E-state index < -0.39 is 0 Å². The molecule has 2 aliphatic rings. The van der Waals surface area contributed by atoms with Crippen molar-refractivity contribution in [2.24, 2.45) is 17.8 Å². The van der Waals surface area contributed by atoms with Crippen LogP contribution in [0, 0.1) is 17.8 Å². The van der Waals surface area contributed by atoms with Crippen LogP contribution in [0.25, 0.3) is 11.0 Å². The largest absolute Gasteiger partial charge is 0.294 e. The Bertz CT molecular complexity index is 667. The third kappa shape index (κ3) is 2.01. The highest BCUT2D eigenvalue weighted by Crippen LogP contribution is 2.49. The van der Waals surface area contributed by atoms with Gasteiger partial charge in [-0.1, -0.05) is 6.42 Å². The minimum absolute atomic E-state index is 0.273. The Morgan fingerprint density at radius 1 is 1.10 bits per heavy atom. The van der Waals surface area contributed by atoms with Crippen LogP contribution in [0.5, 0.6) is 0 Å². The van der Waals surface area contributed by atoms with Crippen molar-refractivity contribution in [1.29, 1.82) is 0 Å². The lowest BCUT2D eigenvalue weighted by Crippen LogP contribution is -2.15. The van der Waals surface area contributed by atoms with Crippen LogP contribution in [-0.4, -0.2) is 15.8 Å². The van der Waals surface area contributed by atoms with Gasteiger partial charge in [-0.3, -0.25) is 14.8 Å².